The van der Waals surface area contributed by atoms with E-state index in [1.807, 2.05) is 45.0 Å². The third kappa shape index (κ3) is 4.27. The van der Waals surface area contributed by atoms with Crippen molar-refractivity contribution in [3.63, 3.8) is 0 Å². The minimum Gasteiger partial charge on any atom is -0.494 e. The molecule has 0 bridgehead atoms. The van der Waals surface area contributed by atoms with Crippen LogP contribution in [0, 0.1) is 22.5 Å². The van der Waals surface area contributed by atoms with E-state index < -0.39 is 4.92 Å². The molecule has 0 fully saturated rings. The molecule has 1 amide bonds. The summed E-state index contributed by atoms with van der Waals surface area (Å²) < 4.78 is 5.53. The second-order valence-corrected chi connectivity index (χ2v) is 9.54. The van der Waals surface area contributed by atoms with Crippen LogP contribution in [0.3, 0.4) is 0 Å². The predicted octanol–water partition coefficient (Wildman–Crippen LogP) is 5.47. The van der Waals surface area contributed by atoms with E-state index in [4.69, 9.17) is 4.74 Å². The van der Waals surface area contributed by atoms with Gasteiger partial charge in [0.1, 0.15) is 11.4 Å². The number of nitrogens with zero attached hydrogens (tertiary/aromatic N) is 2. The lowest BCUT2D eigenvalue weighted by atomic mass is 9.69. The summed E-state index contributed by atoms with van der Waals surface area (Å²) in [5, 5.41) is 11.8. The fourth-order valence-corrected chi connectivity index (χ4v) is 4.91. The molecule has 1 aliphatic heterocycles. The van der Waals surface area contributed by atoms with E-state index in [0.717, 1.165) is 16.9 Å². The van der Waals surface area contributed by atoms with Crippen molar-refractivity contribution in [1.29, 1.82) is 0 Å². The molecule has 7 heteroatoms. The fourth-order valence-electron chi connectivity index (χ4n) is 4.91. The molecule has 0 radical (unpaired) electrons. The number of anilines is 1. The number of Topliss-reactive ketones (excluding diaryl/α,β-unsaturated/α-hetero) is 1. The maximum absolute atomic E-state index is 13.5. The number of amides is 1. The van der Waals surface area contributed by atoms with Crippen LogP contribution in [0.4, 0.5) is 11.4 Å². The van der Waals surface area contributed by atoms with Crippen LogP contribution in [0.15, 0.2) is 53.7 Å². The highest BCUT2D eigenvalue weighted by Gasteiger charge is 2.45. The molecule has 1 unspecified atom stereocenters. The highest BCUT2D eigenvalue weighted by atomic mass is 16.6. The van der Waals surface area contributed by atoms with Crippen LogP contribution in [0.5, 0.6) is 5.75 Å². The quantitative estimate of drug-likeness (QED) is 0.447. The Bertz CT molecular complexity index is 1160. The molecule has 4 rings (SSSR count). The Hall–Kier alpha value is -3.48. The van der Waals surface area contributed by atoms with Crippen molar-refractivity contribution in [3.8, 4) is 5.75 Å². The molecule has 7 nitrogen and oxygen atoms in total. The lowest BCUT2D eigenvalue weighted by Crippen LogP contribution is -2.44. The normalized spacial score (nSPS) is 20.0. The average Bonchev–Trinajstić information content (AvgIpc) is 2.73. The molecule has 0 spiro atoms. The Morgan fingerprint density at radius 3 is 2.45 bits per heavy atom. The SMILES string of the molecule is CCOc1ccc(C2CC(=O)N(c3ccc(C)cc3[N+](=O)[O-])C3=C2C(=O)CC(C)(C)C3)cc1. The number of nitro groups is 1. The first kappa shape index (κ1) is 22.7. The number of carbonyl (C=O) groups excluding carboxylic acids is 2. The molecule has 172 valence electrons. The number of allylic oxidation sites excluding steroid dienone is 2. The van der Waals surface area contributed by atoms with Gasteiger partial charge in [0, 0.05) is 36.1 Å². The molecule has 0 N–H and O–H groups in total. The van der Waals surface area contributed by atoms with Crippen molar-refractivity contribution in [1.82, 2.24) is 0 Å². The Balaban J connectivity index is 1.88. The second-order valence-electron chi connectivity index (χ2n) is 9.54. The first-order valence-corrected chi connectivity index (χ1v) is 11.2. The summed E-state index contributed by atoms with van der Waals surface area (Å²) >= 11 is 0. The number of hydrogen-bond donors (Lipinski definition) is 0. The first-order chi connectivity index (χ1) is 15.6. The van der Waals surface area contributed by atoms with Crippen LogP contribution >= 0.6 is 0 Å². The molecule has 2 aromatic rings. The van der Waals surface area contributed by atoms with Gasteiger partial charge in [-0.15, -0.1) is 0 Å². The average molecular weight is 449 g/mol. The maximum Gasteiger partial charge on any atom is 0.293 e. The van der Waals surface area contributed by atoms with Crippen LogP contribution in [-0.2, 0) is 9.59 Å². The number of hydrogen-bond acceptors (Lipinski definition) is 5. The number of nitro benzene ring substituents is 1. The Morgan fingerprint density at radius 1 is 1.12 bits per heavy atom. The first-order valence-electron chi connectivity index (χ1n) is 11.2. The van der Waals surface area contributed by atoms with Crippen molar-refractivity contribution in [2.45, 2.75) is 52.9 Å². The summed E-state index contributed by atoms with van der Waals surface area (Å²) in [5.74, 6) is 0.0932. The van der Waals surface area contributed by atoms with Crippen LogP contribution in [0.1, 0.15) is 57.1 Å². The largest absolute Gasteiger partial charge is 0.494 e. The minimum atomic E-state index is -0.468. The third-order valence-electron chi connectivity index (χ3n) is 6.30. The molecule has 1 aliphatic carbocycles. The zero-order chi connectivity index (χ0) is 23.9. The summed E-state index contributed by atoms with van der Waals surface area (Å²) in [6.45, 7) is 8.21. The molecule has 0 saturated carbocycles. The van der Waals surface area contributed by atoms with Gasteiger partial charge in [-0.25, -0.2) is 0 Å². The number of ether oxygens (including phenoxy) is 1. The van der Waals surface area contributed by atoms with E-state index >= 15 is 0 Å². The van der Waals surface area contributed by atoms with E-state index in [9.17, 15) is 19.7 Å². The van der Waals surface area contributed by atoms with Gasteiger partial charge in [-0.2, -0.15) is 0 Å². The highest BCUT2D eigenvalue weighted by Crippen LogP contribution is 2.49. The summed E-state index contributed by atoms with van der Waals surface area (Å²) in [5.41, 5.74) is 2.51. The van der Waals surface area contributed by atoms with Crippen LogP contribution < -0.4 is 9.64 Å². The second kappa shape index (κ2) is 8.46. The van der Waals surface area contributed by atoms with Gasteiger partial charge in [0.15, 0.2) is 5.78 Å². The number of ketones is 1. The van der Waals surface area contributed by atoms with E-state index in [1.54, 1.807) is 19.1 Å². The summed E-state index contributed by atoms with van der Waals surface area (Å²) in [6.07, 6.45) is 0.930. The Labute approximate surface area is 193 Å². The van der Waals surface area contributed by atoms with Gasteiger partial charge >= 0.3 is 0 Å². The number of aryl methyl sites for hydroxylation is 1. The maximum atomic E-state index is 13.5. The van der Waals surface area contributed by atoms with E-state index in [0.29, 0.717) is 30.7 Å². The van der Waals surface area contributed by atoms with Gasteiger partial charge in [-0.1, -0.05) is 32.0 Å². The van der Waals surface area contributed by atoms with Gasteiger partial charge in [0.2, 0.25) is 5.91 Å². The van der Waals surface area contributed by atoms with Crippen molar-refractivity contribution < 1.29 is 19.2 Å². The molecular formula is C26H28N2O5. The molecule has 33 heavy (non-hydrogen) atoms. The van der Waals surface area contributed by atoms with E-state index in [-0.39, 0.29) is 40.8 Å². The summed E-state index contributed by atoms with van der Waals surface area (Å²) in [7, 11) is 0. The minimum absolute atomic E-state index is 0.00704. The van der Waals surface area contributed by atoms with Crippen LogP contribution in [0.2, 0.25) is 0 Å². The molecule has 1 atom stereocenters. The lowest BCUT2D eigenvalue weighted by Gasteiger charge is -2.42. The smallest absolute Gasteiger partial charge is 0.293 e. The molecular weight excluding hydrogens is 420 g/mol. The van der Waals surface area contributed by atoms with Gasteiger partial charge in [-0.05, 0) is 55.0 Å². The number of rotatable bonds is 5. The van der Waals surface area contributed by atoms with Crippen molar-refractivity contribution in [2.75, 3.05) is 11.5 Å². The number of carbonyl (C=O) groups is 2. The molecule has 0 aromatic heterocycles. The van der Waals surface area contributed by atoms with Crippen LogP contribution in [-0.4, -0.2) is 23.2 Å². The fraction of sp³-hybridized carbons (Fsp3) is 0.385. The van der Waals surface area contributed by atoms with Crippen LogP contribution in [0.25, 0.3) is 0 Å². The predicted molar refractivity (Wildman–Crippen MR) is 125 cm³/mol. The van der Waals surface area contributed by atoms with Gasteiger partial charge in [-0.3, -0.25) is 24.6 Å². The van der Waals surface area contributed by atoms with Gasteiger partial charge in [0.05, 0.1) is 11.5 Å². The van der Waals surface area contributed by atoms with E-state index in [2.05, 4.69) is 0 Å². The van der Waals surface area contributed by atoms with Crippen molar-refractivity contribution >= 4 is 23.1 Å². The zero-order valence-corrected chi connectivity index (χ0v) is 19.4. The van der Waals surface area contributed by atoms with Gasteiger partial charge < -0.3 is 4.74 Å². The molecule has 2 aromatic carbocycles. The lowest BCUT2D eigenvalue weighted by molar-refractivity contribution is -0.384. The third-order valence-corrected chi connectivity index (χ3v) is 6.30. The monoisotopic (exact) mass is 448 g/mol. The van der Waals surface area contributed by atoms with Gasteiger partial charge in [0.25, 0.3) is 5.69 Å². The van der Waals surface area contributed by atoms with Crippen molar-refractivity contribution in [2.24, 2.45) is 5.41 Å². The Morgan fingerprint density at radius 2 is 1.82 bits per heavy atom. The molecule has 2 aliphatic rings. The standard InChI is InChI=1S/C26H28N2O5/c1-5-33-18-9-7-17(8-10-18)19-13-24(30)27(20-11-6-16(2)12-21(20)28(31)32)22-14-26(3,4)15-23(29)25(19)22/h6-12,19H,5,13-15H2,1-4H3. The molecule has 0 saturated heterocycles. The highest BCUT2D eigenvalue weighted by molar-refractivity contribution is 6.08. The number of benzene rings is 2. The Kier molecular flexibility index (Phi) is 5.82. The summed E-state index contributed by atoms with van der Waals surface area (Å²) in [4.78, 5) is 39.7. The summed E-state index contributed by atoms with van der Waals surface area (Å²) in [6, 6.07) is 12.3. The van der Waals surface area contributed by atoms with Crippen molar-refractivity contribution in [3.05, 3.63) is 75.0 Å². The zero-order valence-electron chi connectivity index (χ0n) is 19.4. The topological polar surface area (TPSA) is 89.8 Å². The molecule has 1 heterocycles. The van der Waals surface area contributed by atoms with E-state index in [1.165, 1.54) is 11.0 Å².